The third kappa shape index (κ3) is 5.67. The highest BCUT2D eigenvalue weighted by molar-refractivity contribution is 4.76. The average molecular weight is 282 g/mol. The van der Waals surface area contributed by atoms with Crippen molar-refractivity contribution in [2.45, 2.75) is 57.8 Å². The fourth-order valence-electron chi connectivity index (χ4n) is 1.52. The summed E-state index contributed by atoms with van der Waals surface area (Å²) in [6, 6.07) is 0. The molecular formula is C11H26N2O6. The van der Waals surface area contributed by atoms with E-state index in [0.29, 0.717) is 4.90 Å². The quantitative estimate of drug-likeness (QED) is 0.242. The van der Waals surface area contributed by atoms with Crippen molar-refractivity contribution in [2.75, 3.05) is 13.1 Å². The molecule has 0 aromatic heterocycles. The first kappa shape index (κ1) is 18.7. The van der Waals surface area contributed by atoms with Crippen molar-refractivity contribution < 1.29 is 30.6 Å². The molecular weight excluding hydrogens is 256 g/mol. The lowest BCUT2D eigenvalue weighted by Crippen LogP contribution is -2.63. The molecule has 0 aromatic carbocycles. The lowest BCUT2D eigenvalue weighted by Gasteiger charge is -2.42. The van der Waals surface area contributed by atoms with Crippen molar-refractivity contribution in [1.82, 2.24) is 10.2 Å². The van der Waals surface area contributed by atoms with Gasteiger partial charge in [-0.3, -0.25) is 5.32 Å². The summed E-state index contributed by atoms with van der Waals surface area (Å²) in [5.41, 5.74) is 0. The summed E-state index contributed by atoms with van der Waals surface area (Å²) in [6.07, 6.45) is -0.262. The van der Waals surface area contributed by atoms with Gasteiger partial charge in [-0.15, -0.1) is 0 Å². The Bertz CT molecular complexity index is 254. The minimum absolute atomic E-state index is 0.0291. The predicted octanol–water partition coefficient (Wildman–Crippen LogP) is -1.98. The molecule has 0 rings (SSSR count). The van der Waals surface area contributed by atoms with Crippen LogP contribution < -0.4 is 5.32 Å². The molecule has 19 heavy (non-hydrogen) atoms. The number of hydrogen-bond acceptors (Lipinski definition) is 8. The van der Waals surface area contributed by atoms with E-state index in [1.165, 1.54) is 13.8 Å². The zero-order valence-corrected chi connectivity index (χ0v) is 11.7. The van der Waals surface area contributed by atoms with Gasteiger partial charge in [0, 0.05) is 32.4 Å². The standard InChI is InChI=1S/C11H26N2O6/c1-4-9(14,15)12-7-8-13(10(16,17)5-2)11(18,19)6-3/h12,14-19H,4-8H2,1-3H3. The molecule has 0 unspecified atom stereocenters. The zero-order valence-electron chi connectivity index (χ0n) is 11.7. The molecule has 0 aliphatic heterocycles. The Morgan fingerprint density at radius 2 is 1.21 bits per heavy atom. The summed E-state index contributed by atoms with van der Waals surface area (Å²) in [5, 5.41) is 60.0. The Morgan fingerprint density at radius 1 is 0.789 bits per heavy atom. The van der Waals surface area contributed by atoms with Crippen LogP contribution in [0.2, 0.25) is 0 Å². The van der Waals surface area contributed by atoms with Crippen LogP contribution in [0.5, 0.6) is 0 Å². The van der Waals surface area contributed by atoms with Crippen LogP contribution in [0, 0.1) is 0 Å². The van der Waals surface area contributed by atoms with E-state index in [9.17, 15) is 30.6 Å². The first-order valence-electron chi connectivity index (χ1n) is 6.39. The molecule has 0 saturated carbocycles. The van der Waals surface area contributed by atoms with E-state index in [1.807, 2.05) is 0 Å². The molecule has 0 heterocycles. The second kappa shape index (κ2) is 6.91. The zero-order chi connectivity index (χ0) is 15.3. The molecule has 0 aliphatic rings. The van der Waals surface area contributed by atoms with Crippen molar-refractivity contribution in [1.29, 1.82) is 0 Å². The van der Waals surface area contributed by atoms with Crippen molar-refractivity contribution >= 4 is 0 Å². The van der Waals surface area contributed by atoms with Crippen LogP contribution in [0.1, 0.15) is 40.0 Å². The third-order valence-corrected chi connectivity index (χ3v) is 3.05. The van der Waals surface area contributed by atoms with Crippen LogP contribution in [-0.4, -0.2) is 66.4 Å². The van der Waals surface area contributed by atoms with Gasteiger partial charge in [0.1, 0.15) is 0 Å². The summed E-state index contributed by atoms with van der Waals surface area (Å²) in [7, 11) is 0. The lowest BCUT2D eigenvalue weighted by atomic mass is 10.2. The molecule has 0 spiro atoms. The number of rotatable bonds is 9. The van der Waals surface area contributed by atoms with Crippen molar-refractivity contribution in [2.24, 2.45) is 0 Å². The number of hydrogen-bond donors (Lipinski definition) is 7. The first-order valence-corrected chi connectivity index (χ1v) is 6.39. The molecule has 0 radical (unpaired) electrons. The highest BCUT2D eigenvalue weighted by atomic mass is 16.6. The summed E-state index contributed by atoms with van der Waals surface area (Å²) >= 11 is 0. The van der Waals surface area contributed by atoms with Gasteiger partial charge in [0.05, 0.1) is 0 Å². The Morgan fingerprint density at radius 3 is 1.53 bits per heavy atom. The Hall–Kier alpha value is -0.320. The van der Waals surface area contributed by atoms with Crippen molar-refractivity contribution in [3.63, 3.8) is 0 Å². The van der Waals surface area contributed by atoms with Gasteiger partial charge >= 0.3 is 0 Å². The fourth-order valence-corrected chi connectivity index (χ4v) is 1.52. The summed E-state index contributed by atoms with van der Waals surface area (Å²) in [5.74, 6) is -6.88. The van der Waals surface area contributed by atoms with E-state index in [-0.39, 0.29) is 32.4 Å². The van der Waals surface area contributed by atoms with E-state index in [4.69, 9.17) is 0 Å². The Balaban J connectivity index is 4.72. The van der Waals surface area contributed by atoms with Gasteiger partial charge in [0.2, 0.25) is 17.7 Å². The Labute approximate surface area is 112 Å². The molecule has 0 aliphatic carbocycles. The molecule has 0 saturated heterocycles. The Kier molecular flexibility index (Phi) is 6.79. The fraction of sp³-hybridized carbons (Fsp3) is 1.00. The summed E-state index contributed by atoms with van der Waals surface area (Å²) in [6.45, 7) is 4.21. The van der Waals surface area contributed by atoms with E-state index in [1.54, 1.807) is 6.92 Å². The maximum Gasteiger partial charge on any atom is 0.228 e. The van der Waals surface area contributed by atoms with Gasteiger partial charge in [-0.25, -0.2) is 0 Å². The predicted molar refractivity (Wildman–Crippen MR) is 67.1 cm³/mol. The van der Waals surface area contributed by atoms with Crippen LogP contribution in [0.4, 0.5) is 0 Å². The van der Waals surface area contributed by atoms with Crippen LogP contribution in [0.25, 0.3) is 0 Å². The van der Waals surface area contributed by atoms with E-state index < -0.39 is 17.7 Å². The summed E-state index contributed by atoms with van der Waals surface area (Å²) < 4.78 is 0. The maximum atomic E-state index is 9.75. The number of nitrogens with one attached hydrogen (secondary N) is 1. The van der Waals surface area contributed by atoms with Gasteiger partial charge < -0.3 is 30.6 Å². The van der Waals surface area contributed by atoms with Gasteiger partial charge in [-0.05, 0) is 0 Å². The van der Waals surface area contributed by atoms with Crippen molar-refractivity contribution in [3.05, 3.63) is 0 Å². The molecule has 0 amide bonds. The van der Waals surface area contributed by atoms with Crippen LogP contribution >= 0.6 is 0 Å². The van der Waals surface area contributed by atoms with Crippen molar-refractivity contribution in [3.8, 4) is 0 Å². The highest BCUT2D eigenvalue weighted by Gasteiger charge is 2.42. The third-order valence-electron chi connectivity index (χ3n) is 3.05. The number of nitrogens with zero attached hydrogens (tertiary/aromatic N) is 1. The minimum Gasteiger partial charge on any atom is -0.353 e. The monoisotopic (exact) mass is 282 g/mol. The van der Waals surface area contributed by atoms with E-state index >= 15 is 0 Å². The molecule has 0 atom stereocenters. The number of aliphatic hydroxyl groups is 6. The topological polar surface area (TPSA) is 137 Å². The first-order chi connectivity index (χ1) is 8.52. The smallest absolute Gasteiger partial charge is 0.228 e. The molecule has 8 nitrogen and oxygen atoms in total. The van der Waals surface area contributed by atoms with Crippen LogP contribution in [0.15, 0.2) is 0 Å². The SMILES string of the molecule is CCC(O)(O)NCCN(C(O)(O)CC)C(O)(O)CC. The summed E-state index contributed by atoms with van der Waals surface area (Å²) in [4.78, 5) is 0.679. The molecule has 116 valence electrons. The van der Waals surface area contributed by atoms with Crippen LogP contribution in [0.3, 0.4) is 0 Å². The van der Waals surface area contributed by atoms with Gasteiger partial charge in [-0.2, -0.15) is 4.90 Å². The highest BCUT2D eigenvalue weighted by Crippen LogP contribution is 2.23. The second-order valence-corrected chi connectivity index (χ2v) is 4.50. The maximum absolute atomic E-state index is 9.75. The molecule has 0 fully saturated rings. The van der Waals surface area contributed by atoms with Crippen LogP contribution in [-0.2, 0) is 0 Å². The molecule has 0 bridgehead atoms. The minimum atomic E-state index is -2.40. The largest absolute Gasteiger partial charge is 0.353 e. The van der Waals surface area contributed by atoms with E-state index in [2.05, 4.69) is 5.32 Å². The second-order valence-electron chi connectivity index (χ2n) is 4.50. The normalized spacial score (nSPS) is 14.2. The molecule has 8 heteroatoms. The van der Waals surface area contributed by atoms with Gasteiger partial charge in [0.15, 0.2) is 0 Å². The van der Waals surface area contributed by atoms with Gasteiger partial charge in [0.25, 0.3) is 0 Å². The van der Waals surface area contributed by atoms with E-state index in [0.717, 1.165) is 0 Å². The van der Waals surface area contributed by atoms with Gasteiger partial charge in [-0.1, -0.05) is 20.8 Å². The molecule has 7 N–H and O–H groups in total. The molecule has 0 aromatic rings. The average Bonchev–Trinajstić information content (AvgIpc) is 2.34. The lowest BCUT2D eigenvalue weighted by molar-refractivity contribution is -0.385.